The summed E-state index contributed by atoms with van der Waals surface area (Å²) in [6.07, 6.45) is 1.97. The number of likely N-dealkylation sites (tertiary alicyclic amines) is 1. The van der Waals surface area contributed by atoms with Crippen molar-refractivity contribution in [2.75, 3.05) is 33.4 Å². The van der Waals surface area contributed by atoms with Gasteiger partial charge < -0.3 is 14.4 Å². The number of carbonyl (C=O) groups excluding carboxylic acids is 1. The summed E-state index contributed by atoms with van der Waals surface area (Å²) in [5.74, 6) is -0.334. The van der Waals surface area contributed by atoms with Crippen LogP contribution >= 0.6 is 0 Å². The highest BCUT2D eigenvalue weighted by Crippen LogP contribution is 2.16. The fourth-order valence-corrected chi connectivity index (χ4v) is 2.49. The molecule has 1 aromatic carbocycles. The van der Waals surface area contributed by atoms with Crippen molar-refractivity contribution >= 4 is 5.91 Å². The number of carbonyl (C=O) groups is 1. The second-order valence-electron chi connectivity index (χ2n) is 5.21. The smallest absolute Gasteiger partial charge is 0.227 e. The number of piperidine rings is 1. The van der Waals surface area contributed by atoms with E-state index in [4.69, 9.17) is 9.47 Å². The van der Waals surface area contributed by atoms with Crippen molar-refractivity contribution in [3.8, 4) is 0 Å². The Bertz CT molecular complexity index is 459. The maximum atomic E-state index is 13.5. The molecule has 0 radical (unpaired) electrons. The normalized spacial score (nSPS) is 16.2. The minimum absolute atomic E-state index is 0.0181. The predicted octanol–water partition coefficient (Wildman–Crippen LogP) is 2.02. The van der Waals surface area contributed by atoms with E-state index in [1.165, 1.54) is 6.07 Å². The fraction of sp³-hybridized carbons (Fsp3) is 0.562. The Balaban J connectivity index is 1.77. The number of ether oxygens (including phenoxy) is 2. The second-order valence-corrected chi connectivity index (χ2v) is 5.21. The molecule has 1 heterocycles. The highest BCUT2D eigenvalue weighted by atomic mass is 19.1. The fourth-order valence-electron chi connectivity index (χ4n) is 2.49. The SMILES string of the molecule is COCCOC1CCN(C(=O)Cc2ccccc2F)CC1. The molecule has 0 N–H and O–H groups in total. The van der Waals surface area contributed by atoms with Crippen molar-refractivity contribution in [1.82, 2.24) is 4.90 Å². The van der Waals surface area contributed by atoms with Crippen molar-refractivity contribution in [1.29, 1.82) is 0 Å². The molecule has 116 valence electrons. The van der Waals surface area contributed by atoms with E-state index in [2.05, 4.69) is 0 Å². The van der Waals surface area contributed by atoms with E-state index in [9.17, 15) is 9.18 Å². The average Bonchev–Trinajstić information content (AvgIpc) is 2.50. The molecule has 4 nitrogen and oxygen atoms in total. The summed E-state index contributed by atoms with van der Waals surface area (Å²) >= 11 is 0. The van der Waals surface area contributed by atoms with Crippen LogP contribution in [0.25, 0.3) is 0 Å². The van der Waals surface area contributed by atoms with E-state index in [1.807, 2.05) is 0 Å². The van der Waals surface area contributed by atoms with Crippen LogP contribution in [-0.2, 0) is 20.7 Å². The molecule has 0 atom stereocenters. The Morgan fingerprint density at radius 1 is 1.29 bits per heavy atom. The Morgan fingerprint density at radius 2 is 2.00 bits per heavy atom. The molecule has 0 saturated carbocycles. The number of benzene rings is 1. The summed E-state index contributed by atoms with van der Waals surface area (Å²) in [7, 11) is 1.65. The molecule has 0 aliphatic carbocycles. The van der Waals surface area contributed by atoms with Crippen LogP contribution in [0, 0.1) is 5.82 Å². The van der Waals surface area contributed by atoms with E-state index in [1.54, 1.807) is 30.2 Å². The highest BCUT2D eigenvalue weighted by molar-refractivity contribution is 5.78. The zero-order valence-electron chi connectivity index (χ0n) is 12.4. The van der Waals surface area contributed by atoms with Crippen LogP contribution in [0.1, 0.15) is 18.4 Å². The monoisotopic (exact) mass is 295 g/mol. The quantitative estimate of drug-likeness (QED) is 0.754. The number of hydrogen-bond donors (Lipinski definition) is 0. The van der Waals surface area contributed by atoms with Gasteiger partial charge >= 0.3 is 0 Å². The molecule has 0 aromatic heterocycles. The van der Waals surface area contributed by atoms with Crippen LogP contribution in [0.5, 0.6) is 0 Å². The third-order valence-electron chi connectivity index (χ3n) is 3.74. The number of nitrogens with zero attached hydrogens (tertiary/aromatic N) is 1. The van der Waals surface area contributed by atoms with Gasteiger partial charge in [0.25, 0.3) is 0 Å². The molecule has 21 heavy (non-hydrogen) atoms. The predicted molar refractivity (Wildman–Crippen MR) is 77.5 cm³/mol. The molecule has 1 amide bonds. The van der Waals surface area contributed by atoms with E-state index in [-0.39, 0.29) is 24.2 Å². The van der Waals surface area contributed by atoms with E-state index in [0.29, 0.717) is 31.9 Å². The molecule has 2 rings (SSSR count). The number of amides is 1. The molecule has 1 aromatic rings. The van der Waals surface area contributed by atoms with E-state index >= 15 is 0 Å². The van der Waals surface area contributed by atoms with Crippen molar-refractivity contribution < 1.29 is 18.7 Å². The molecule has 0 spiro atoms. The van der Waals surface area contributed by atoms with Gasteiger partial charge in [-0.15, -0.1) is 0 Å². The van der Waals surface area contributed by atoms with Crippen LogP contribution in [0.3, 0.4) is 0 Å². The lowest BCUT2D eigenvalue weighted by atomic mass is 10.1. The number of hydrogen-bond acceptors (Lipinski definition) is 3. The second kappa shape index (κ2) is 8.10. The van der Waals surface area contributed by atoms with E-state index in [0.717, 1.165) is 12.8 Å². The zero-order chi connectivity index (χ0) is 15.1. The number of halogens is 1. The number of rotatable bonds is 6. The van der Waals surface area contributed by atoms with Crippen LogP contribution in [0.4, 0.5) is 4.39 Å². The summed E-state index contributed by atoms with van der Waals surface area (Å²) in [4.78, 5) is 14.0. The minimum Gasteiger partial charge on any atom is -0.382 e. The average molecular weight is 295 g/mol. The Kier molecular flexibility index (Phi) is 6.14. The summed E-state index contributed by atoms with van der Waals surface area (Å²) in [6, 6.07) is 6.43. The lowest BCUT2D eigenvalue weighted by Gasteiger charge is -2.32. The summed E-state index contributed by atoms with van der Waals surface area (Å²) in [5.41, 5.74) is 0.459. The summed E-state index contributed by atoms with van der Waals surface area (Å²) in [5, 5.41) is 0. The molecule has 5 heteroatoms. The Hall–Kier alpha value is -1.46. The summed E-state index contributed by atoms with van der Waals surface area (Å²) < 4.78 is 24.2. The zero-order valence-corrected chi connectivity index (χ0v) is 12.4. The van der Waals surface area contributed by atoms with Gasteiger partial charge in [0.2, 0.25) is 5.91 Å². The largest absolute Gasteiger partial charge is 0.382 e. The number of methoxy groups -OCH3 is 1. The van der Waals surface area contributed by atoms with Gasteiger partial charge in [-0.3, -0.25) is 4.79 Å². The molecule has 1 aliphatic heterocycles. The van der Waals surface area contributed by atoms with Crippen molar-refractivity contribution in [2.45, 2.75) is 25.4 Å². The summed E-state index contributed by atoms with van der Waals surface area (Å²) in [6.45, 7) is 2.52. The lowest BCUT2D eigenvalue weighted by molar-refractivity contribution is -0.133. The van der Waals surface area contributed by atoms with Crippen LogP contribution in [-0.4, -0.2) is 50.3 Å². The maximum Gasteiger partial charge on any atom is 0.227 e. The highest BCUT2D eigenvalue weighted by Gasteiger charge is 2.23. The van der Waals surface area contributed by atoms with Crippen LogP contribution in [0.15, 0.2) is 24.3 Å². The van der Waals surface area contributed by atoms with Crippen molar-refractivity contribution in [2.24, 2.45) is 0 Å². The standard InChI is InChI=1S/C16H22FNO3/c1-20-10-11-21-14-6-8-18(9-7-14)16(19)12-13-4-2-3-5-15(13)17/h2-5,14H,6-12H2,1H3. The van der Waals surface area contributed by atoms with Gasteiger partial charge in [0, 0.05) is 20.2 Å². The van der Waals surface area contributed by atoms with E-state index < -0.39 is 0 Å². The lowest BCUT2D eigenvalue weighted by Crippen LogP contribution is -2.41. The first-order chi connectivity index (χ1) is 10.2. The topological polar surface area (TPSA) is 38.8 Å². The third-order valence-corrected chi connectivity index (χ3v) is 3.74. The van der Waals surface area contributed by atoms with Gasteiger partial charge in [0.1, 0.15) is 5.82 Å². The molecule has 1 saturated heterocycles. The minimum atomic E-state index is -0.316. The Morgan fingerprint density at radius 3 is 2.67 bits per heavy atom. The molecular weight excluding hydrogens is 273 g/mol. The van der Waals surface area contributed by atoms with Crippen molar-refractivity contribution in [3.63, 3.8) is 0 Å². The van der Waals surface area contributed by atoms with Gasteiger partial charge in [-0.25, -0.2) is 4.39 Å². The first kappa shape index (κ1) is 15.9. The van der Waals surface area contributed by atoms with Gasteiger partial charge in [-0.05, 0) is 24.5 Å². The van der Waals surface area contributed by atoms with Gasteiger partial charge in [-0.2, -0.15) is 0 Å². The third kappa shape index (κ3) is 4.79. The van der Waals surface area contributed by atoms with Crippen LogP contribution in [0.2, 0.25) is 0 Å². The van der Waals surface area contributed by atoms with Gasteiger partial charge in [-0.1, -0.05) is 18.2 Å². The first-order valence-corrected chi connectivity index (χ1v) is 7.32. The van der Waals surface area contributed by atoms with Gasteiger partial charge in [0.05, 0.1) is 25.7 Å². The van der Waals surface area contributed by atoms with Crippen molar-refractivity contribution in [3.05, 3.63) is 35.6 Å². The van der Waals surface area contributed by atoms with Crippen LogP contribution < -0.4 is 0 Å². The Labute approximate surface area is 124 Å². The molecule has 0 unspecified atom stereocenters. The molecule has 0 bridgehead atoms. The maximum absolute atomic E-state index is 13.5. The molecule has 1 fully saturated rings. The first-order valence-electron chi connectivity index (χ1n) is 7.32. The molecule has 1 aliphatic rings. The van der Waals surface area contributed by atoms with Gasteiger partial charge in [0.15, 0.2) is 0 Å². The molecular formula is C16H22FNO3.